The predicted molar refractivity (Wildman–Crippen MR) is 50.2 cm³/mol. The van der Waals surface area contributed by atoms with Gasteiger partial charge in [-0.25, -0.2) is 0 Å². The highest BCUT2D eigenvalue weighted by Crippen LogP contribution is 1.85. The van der Waals surface area contributed by atoms with Gasteiger partial charge in [0.05, 0.1) is 6.26 Å². The summed E-state index contributed by atoms with van der Waals surface area (Å²) in [5.41, 5.74) is 0. The van der Waals surface area contributed by atoms with E-state index in [9.17, 15) is 8.42 Å². The zero-order valence-corrected chi connectivity index (χ0v) is 10.5. The normalized spacial score (nSPS) is 11.8. The second-order valence-corrected chi connectivity index (χ2v) is 6.66. The number of hydrogen-bond donors (Lipinski definition) is 0. The lowest BCUT2D eigenvalue weighted by atomic mass is 10.4. The van der Waals surface area contributed by atoms with Gasteiger partial charge in [-0.05, 0) is 12.1 Å². The van der Waals surface area contributed by atoms with Crippen LogP contribution in [0.25, 0.3) is 0 Å². The Balaban J connectivity index is 2.42. The second kappa shape index (κ2) is 5.35. The van der Waals surface area contributed by atoms with Crippen molar-refractivity contribution in [2.24, 2.45) is 0 Å². The molecule has 0 heterocycles. The lowest BCUT2D eigenvalue weighted by molar-refractivity contribution is -0.557. The molecule has 0 radical (unpaired) electrons. The van der Waals surface area contributed by atoms with Crippen LogP contribution in [0.5, 0.6) is 0 Å². The Labute approximate surface area is 94.2 Å². The average molecular weight is 325 g/mol. The van der Waals surface area contributed by atoms with Crippen molar-refractivity contribution in [2.45, 2.75) is 0 Å². The molecule has 0 atom stereocenters. The Hall–Kier alpha value is -0.560. The SMILES string of the molecule is CS(=O)(=O)O/C=C/[I+]c1ccccc1. The fourth-order valence-electron chi connectivity index (χ4n) is 0.708. The minimum absolute atomic E-state index is 0.298. The first kappa shape index (κ1) is 11.5. The van der Waals surface area contributed by atoms with Crippen LogP contribution in [0.15, 0.2) is 40.7 Å². The van der Waals surface area contributed by atoms with Gasteiger partial charge in [0.1, 0.15) is 0 Å². The van der Waals surface area contributed by atoms with Crippen molar-refractivity contribution in [1.29, 1.82) is 0 Å². The van der Waals surface area contributed by atoms with E-state index in [1.807, 2.05) is 30.3 Å². The first-order valence-electron chi connectivity index (χ1n) is 3.80. The van der Waals surface area contributed by atoms with E-state index >= 15 is 0 Å². The third-order valence-electron chi connectivity index (χ3n) is 1.20. The van der Waals surface area contributed by atoms with Crippen molar-refractivity contribution in [3.05, 3.63) is 44.2 Å². The molecule has 0 saturated heterocycles. The molecule has 0 saturated carbocycles. The molecule has 0 aliphatic carbocycles. The van der Waals surface area contributed by atoms with E-state index in [1.54, 1.807) is 4.08 Å². The van der Waals surface area contributed by atoms with E-state index < -0.39 is 10.1 Å². The monoisotopic (exact) mass is 325 g/mol. The van der Waals surface area contributed by atoms with Crippen molar-refractivity contribution < 1.29 is 33.8 Å². The maximum atomic E-state index is 10.6. The summed E-state index contributed by atoms with van der Waals surface area (Å²) in [6.07, 6.45) is 2.27. The van der Waals surface area contributed by atoms with Crippen LogP contribution in [0, 0.1) is 3.57 Å². The van der Waals surface area contributed by atoms with E-state index in [0.29, 0.717) is 0 Å². The summed E-state index contributed by atoms with van der Waals surface area (Å²) in [7, 11) is -3.35. The summed E-state index contributed by atoms with van der Waals surface area (Å²) in [6.45, 7) is 0. The predicted octanol–water partition coefficient (Wildman–Crippen LogP) is -1.61. The van der Waals surface area contributed by atoms with E-state index in [-0.39, 0.29) is 21.2 Å². The Morgan fingerprint density at radius 3 is 2.50 bits per heavy atom. The standard InChI is InChI=1S/C9H10IO3S/c1-14(11,12)13-8-7-10-9-5-3-2-4-6-9/h2-8H,1H3/q+1/b8-7+. The van der Waals surface area contributed by atoms with Gasteiger partial charge >= 0.3 is 31.3 Å². The number of rotatable bonds is 4. The van der Waals surface area contributed by atoms with Crippen LogP contribution in [0.1, 0.15) is 0 Å². The van der Waals surface area contributed by atoms with Crippen LogP contribution >= 0.6 is 0 Å². The lowest BCUT2D eigenvalue weighted by Crippen LogP contribution is -3.59. The quantitative estimate of drug-likeness (QED) is 0.380. The number of hydrogen-bond acceptors (Lipinski definition) is 3. The van der Waals surface area contributed by atoms with E-state index in [4.69, 9.17) is 0 Å². The van der Waals surface area contributed by atoms with Gasteiger partial charge in [0, 0.05) is 0 Å². The molecule has 1 aromatic carbocycles. The number of halogens is 1. The minimum atomic E-state index is -3.35. The molecule has 0 spiro atoms. The molecule has 76 valence electrons. The smallest absolute Gasteiger partial charge is 0.352 e. The van der Waals surface area contributed by atoms with E-state index in [1.165, 1.54) is 9.83 Å². The lowest BCUT2D eigenvalue weighted by Gasteiger charge is -1.89. The molecular weight excluding hydrogens is 315 g/mol. The van der Waals surface area contributed by atoms with Crippen LogP contribution in [0.3, 0.4) is 0 Å². The molecule has 14 heavy (non-hydrogen) atoms. The zero-order chi connectivity index (χ0) is 10.4. The van der Waals surface area contributed by atoms with Crippen molar-refractivity contribution in [1.82, 2.24) is 0 Å². The fraction of sp³-hybridized carbons (Fsp3) is 0.111. The molecule has 0 unspecified atom stereocenters. The van der Waals surface area contributed by atoms with Gasteiger partial charge in [-0.15, -0.1) is 0 Å². The molecule has 5 heteroatoms. The molecule has 1 aromatic rings. The molecule has 0 N–H and O–H groups in total. The summed E-state index contributed by atoms with van der Waals surface area (Å²) in [4.78, 5) is 0. The van der Waals surface area contributed by atoms with E-state index in [2.05, 4.69) is 4.18 Å². The Bertz CT molecular complexity index is 397. The van der Waals surface area contributed by atoms with Crippen LogP contribution in [0.2, 0.25) is 0 Å². The van der Waals surface area contributed by atoms with Gasteiger partial charge in [-0.3, -0.25) is 0 Å². The third kappa shape index (κ3) is 5.23. The largest absolute Gasteiger partial charge is 0.386 e. The molecule has 0 aromatic heterocycles. The fourth-order valence-corrected chi connectivity index (χ4v) is 2.70. The molecule has 0 aliphatic heterocycles. The molecule has 0 fully saturated rings. The van der Waals surface area contributed by atoms with Gasteiger partial charge in [0.25, 0.3) is 0 Å². The van der Waals surface area contributed by atoms with Crippen LogP contribution in [0.4, 0.5) is 0 Å². The average Bonchev–Trinajstić information content (AvgIpc) is 2.13. The summed E-state index contributed by atoms with van der Waals surface area (Å²) in [5, 5.41) is 0. The van der Waals surface area contributed by atoms with E-state index in [0.717, 1.165) is 6.26 Å². The minimum Gasteiger partial charge on any atom is -0.386 e. The summed E-state index contributed by atoms with van der Waals surface area (Å²) in [5.74, 6) is 0. The molecular formula is C9H10IO3S+. The van der Waals surface area contributed by atoms with Gasteiger partial charge < -0.3 is 4.18 Å². The third-order valence-corrected chi connectivity index (χ3v) is 3.76. The highest BCUT2D eigenvalue weighted by atomic mass is 127. The van der Waals surface area contributed by atoms with Crippen molar-refractivity contribution >= 4 is 10.1 Å². The van der Waals surface area contributed by atoms with Crippen LogP contribution in [-0.2, 0) is 14.3 Å². The molecule has 3 nitrogen and oxygen atoms in total. The van der Waals surface area contributed by atoms with Crippen molar-refractivity contribution in [3.63, 3.8) is 0 Å². The maximum Gasteiger partial charge on any atom is 0.352 e. The zero-order valence-electron chi connectivity index (χ0n) is 7.55. The summed E-state index contributed by atoms with van der Waals surface area (Å²) < 4.78 is 28.6. The first-order chi connectivity index (χ1) is 6.58. The summed E-state index contributed by atoms with van der Waals surface area (Å²) in [6, 6.07) is 9.89. The van der Waals surface area contributed by atoms with Gasteiger partial charge in [0.15, 0.2) is 13.9 Å². The van der Waals surface area contributed by atoms with Crippen LogP contribution < -0.4 is 21.2 Å². The molecule has 0 bridgehead atoms. The summed E-state index contributed by atoms with van der Waals surface area (Å²) >= 11 is -0.298. The number of benzene rings is 1. The molecule has 1 rings (SSSR count). The highest BCUT2D eigenvalue weighted by molar-refractivity contribution is 7.86. The van der Waals surface area contributed by atoms with Crippen LogP contribution in [-0.4, -0.2) is 14.7 Å². The Morgan fingerprint density at radius 1 is 1.29 bits per heavy atom. The van der Waals surface area contributed by atoms with Gasteiger partial charge in [-0.2, -0.15) is 8.42 Å². The van der Waals surface area contributed by atoms with Gasteiger partial charge in [0.2, 0.25) is 0 Å². The second-order valence-electron chi connectivity index (χ2n) is 2.47. The molecule has 0 aliphatic rings. The topological polar surface area (TPSA) is 43.4 Å². The highest BCUT2D eigenvalue weighted by Gasteiger charge is 2.06. The Morgan fingerprint density at radius 2 is 1.93 bits per heavy atom. The molecule has 0 amide bonds. The van der Waals surface area contributed by atoms with Gasteiger partial charge in [-0.1, -0.05) is 18.2 Å². The maximum absolute atomic E-state index is 10.6. The Kier molecular flexibility index (Phi) is 4.40. The first-order valence-corrected chi connectivity index (χ1v) is 7.94. The van der Waals surface area contributed by atoms with Crippen molar-refractivity contribution in [3.8, 4) is 0 Å². The van der Waals surface area contributed by atoms with Crippen molar-refractivity contribution in [2.75, 3.05) is 6.26 Å².